The molecule has 1 atom stereocenters. The SMILES string of the molecule is CCCS(=O)(=O)N1Cc2ccnn2[C@@H](CN2CCCCC2)C1. The minimum Gasteiger partial charge on any atom is -0.301 e. The van der Waals surface area contributed by atoms with E-state index in [2.05, 4.69) is 10.00 Å². The van der Waals surface area contributed by atoms with Crippen LogP contribution in [0.1, 0.15) is 44.3 Å². The van der Waals surface area contributed by atoms with E-state index in [0.717, 1.165) is 25.3 Å². The summed E-state index contributed by atoms with van der Waals surface area (Å²) in [5.74, 6) is 0.234. The van der Waals surface area contributed by atoms with Crippen molar-refractivity contribution in [1.29, 1.82) is 0 Å². The number of piperidine rings is 1. The molecule has 0 N–H and O–H groups in total. The summed E-state index contributed by atoms with van der Waals surface area (Å²) in [6, 6.07) is 2.07. The van der Waals surface area contributed by atoms with E-state index in [-0.39, 0.29) is 11.8 Å². The Morgan fingerprint density at radius 2 is 2.05 bits per heavy atom. The zero-order valence-electron chi connectivity index (χ0n) is 13.3. The van der Waals surface area contributed by atoms with E-state index in [0.29, 0.717) is 19.5 Å². The van der Waals surface area contributed by atoms with Crippen molar-refractivity contribution in [3.63, 3.8) is 0 Å². The zero-order valence-corrected chi connectivity index (χ0v) is 14.1. The molecule has 0 aromatic carbocycles. The summed E-state index contributed by atoms with van der Waals surface area (Å²) < 4.78 is 28.6. The summed E-state index contributed by atoms with van der Waals surface area (Å²) in [7, 11) is -3.15. The van der Waals surface area contributed by atoms with Crippen molar-refractivity contribution in [1.82, 2.24) is 19.0 Å². The van der Waals surface area contributed by atoms with E-state index >= 15 is 0 Å². The summed E-state index contributed by atoms with van der Waals surface area (Å²) >= 11 is 0. The van der Waals surface area contributed by atoms with Gasteiger partial charge in [0.05, 0.1) is 24.0 Å². The first-order valence-corrected chi connectivity index (χ1v) is 9.93. The largest absolute Gasteiger partial charge is 0.301 e. The summed E-state index contributed by atoms with van der Waals surface area (Å²) in [5.41, 5.74) is 1.01. The summed E-state index contributed by atoms with van der Waals surface area (Å²) in [6.45, 7) is 6.06. The van der Waals surface area contributed by atoms with E-state index in [4.69, 9.17) is 0 Å². The molecule has 1 aromatic heterocycles. The third-order valence-corrected chi connectivity index (χ3v) is 6.61. The predicted octanol–water partition coefficient (Wildman–Crippen LogP) is 1.47. The summed E-state index contributed by atoms with van der Waals surface area (Å²) in [6.07, 6.45) is 6.25. The lowest BCUT2D eigenvalue weighted by molar-refractivity contribution is 0.160. The molecule has 0 spiro atoms. The van der Waals surface area contributed by atoms with E-state index in [9.17, 15) is 8.42 Å². The molecule has 2 aliphatic rings. The summed E-state index contributed by atoms with van der Waals surface area (Å²) in [4.78, 5) is 2.45. The molecule has 3 heterocycles. The van der Waals surface area contributed by atoms with Gasteiger partial charge < -0.3 is 4.90 Å². The van der Waals surface area contributed by atoms with Gasteiger partial charge in [-0.05, 0) is 38.4 Å². The smallest absolute Gasteiger partial charge is 0.214 e. The third kappa shape index (κ3) is 3.36. The average Bonchev–Trinajstić information content (AvgIpc) is 2.97. The van der Waals surface area contributed by atoms with Gasteiger partial charge in [-0.1, -0.05) is 13.3 Å². The third-order valence-electron chi connectivity index (χ3n) is 4.62. The maximum atomic E-state index is 12.4. The molecule has 2 aliphatic heterocycles. The molecule has 1 fully saturated rings. The first-order chi connectivity index (χ1) is 10.6. The molecular formula is C15H26N4O2S. The van der Waals surface area contributed by atoms with Gasteiger partial charge in [0.2, 0.25) is 10.0 Å². The van der Waals surface area contributed by atoms with Crippen molar-refractivity contribution in [3.8, 4) is 0 Å². The van der Waals surface area contributed by atoms with Crippen molar-refractivity contribution in [2.24, 2.45) is 0 Å². The van der Waals surface area contributed by atoms with E-state index in [1.807, 2.05) is 17.7 Å². The number of hydrogen-bond donors (Lipinski definition) is 0. The standard InChI is InChI=1S/C15H26N4O2S/c1-2-10-22(20,21)18-12-14-6-7-16-19(14)15(13-18)11-17-8-4-3-5-9-17/h6-7,15H,2-5,8-13H2,1H3/t15-/m0/s1. The molecule has 0 radical (unpaired) electrons. The highest BCUT2D eigenvalue weighted by molar-refractivity contribution is 7.89. The number of fused-ring (bicyclic) bond motifs is 1. The molecule has 6 nitrogen and oxygen atoms in total. The zero-order chi connectivity index (χ0) is 15.6. The molecule has 1 saturated heterocycles. The lowest BCUT2D eigenvalue weighted by Crippen LogP contribution is -2.46. The van der Waals surface area contributed by atoms with Crippen molar-refractivity contribution in [3.05, 3.63) is 18.0 Å². The Labute approximate surface area is 133 Å². The van der Waals surface area contributed by atoms with Crippen molar-refractivity contribution in [2.75, 3.05) is 31.9 Å². The monoisotopic (exact) mass is 326 g/mol. The molecule has 0 bridgehead atoms. The van der Waals surface area contributed by atoms with Crippen LogP contribution >= 0.6 is 0 Å². The fourth-order valence-electron chi connectivity index (χ4n) is 3.53. The van der Waals surface area contributed by atoms with Gasteiger partial charge in [-0.3, -0.25) is 4.68 Å². The summed E-state index contributed by atoms with van der Waals surface area (Å²) in [5, 5.41) is 4.43. The Morgan fingerprint density at radius 3 is 2.77 bits per heavy atom. The highest BCUT2D eigenvalue weighted by Crippen LogP contribution is 2.25. The minimum absolute atomic E-state index is 0.128. The number of likely N-dealkylation sites (tertiary alicyclic amines) is 1. The van der Waals surface area contributed by atoms with Gasteiger partial charge in [-0.2, -0.15) is 9.40 Å². The highest BCUT2D eigenvalue weighted by atomic mass is 32.2. The maximum absolute atomic E-state index is 12.4. The Morgan fingerprint density at radius 1 is 1.27 bits per heavy atom. The number of aromatic nitrogens is 2. The van der Waals surface area contributed by atoms with Crippen molar-refractivity contribution >= 4 is 10.0 Å². The second kappa shape index (κ2) is 6.68. The van der Waals surface area contributed by atoms with Gasteiger partial charge in [0.1, 0.15) is 0 Å². The average molecular weight is 326 g/mol. The number of sulfonamides is 1. The molecular weight excluding hydrogens is 300 g/mol. The van der Waals surface area contributed by atoms with Gasteiger partial charge >= 0.3 is 0 Å². The minimum atomic E-state index is -3.15. The second-order valence-electron chi connectivity index (χ2n) is 6.39. The van der Waals surface area contributed by atoms with E-state index < -0.39 is 10.0 Å². The molecule has 0 saturated carbocycles. The normalized spacial score (nSPS) is 24.3. The van der Waals surface area contributed by atoms with Gasteiger partial charge in [0, 0.05) is 19.3 Å². The maximum Gasteiger partial charge on any atom is 0.214 e. The van der Waals surface area contributed by atoms with Gasteiger partial charge in [-0.15, -0.1) is 0 Å². The van der Waals surface area contributed by atoms with Crippen LogP contribution < -0.4 is 0 Å². The quantitative estimate of drug-likeness (QED) is 0.822. The molecule has 0 aliphatic carbocycles. The number of rotatable bonds is 5. The van der Waals surface area contributed by atoms with Crippen LogP contribution in [0, 0.1) is 0 Å². The molecule has 22 heavy (non-hydrogen) atoms. The lowest BCUT2D eigenvalue weighted by atomic mass is 10.1. The van der Waals surface area contributed by atoms with Crippen LogP contribution in [0.25, 0.3) is 0 Å². The Balaban J connectivity index is 1.77. The molecule has 3 rings (SSSR count). The molecule has 0 unspecified atom stereocenters. The number of hydrogen-bond acceptors (Lipinski definition) is 4. The Kier molecular flexibility index (Phi) is 4.84. The van der Waals surface area contributed by atoms with Crippen molar-refractivity contribution in [2.45, 2.75) is 45.2 Å². The Bertz CT molecular complexity index is 592. The van der Waals surface area contributed by atoms with E-state index in [1.54, 1.807) is 10.5 Å². The molecule has 124 valence electrons. The molecule has 1 aromatic rings. The first kappa shape index (κ1) is 16.0. The molecule has 7 heteroatoms. The predicted molar refractivity (Wildman–Crippen MR) is 86.0 cm³/mol. The fourth-order valence-corrected chi connectivity index (χ4v) is 5.03. The molecule has 0 amide bonds. The van der Waals surface area contributed by atoms with E-state index in [1.165, 1.54) is 19.3 Å². The lowest BCUT2D eigenvalue weighted by Gasteiger charge is -2.37. The second-order valence-corrected chi connectivity index (χ2v) is 8.48. The van der Waals surface area contributed by atoms with Crippen LogP contribution in [0.5, 0.6) is 0 Å². The highest BCUT2D eigenvalue weighted by Gasteiger charge is 2.33. The van der Waals surface area contributed by atoms with Gasteiger partial charge in [-0.25, -0.2) is 8.42 Å². The fraction of sp³-hybridized carbons (Fsp3) is 0.800. The van der Waals surface area contributed by atoms with Crippen LogP contribution in [0.4, 0.5) is 0 Å². The van der Waals surface area contributed by atoms with Crippen LogP contribution in [0.15, 0.2) is 12.3 Å². The van der Waals surface area contributed by atoms with Gasteiger partial charge in [0.25, 0.3) is 0 Å². The Hall–Kier alpha value is -0.920. The van der Waals surface area contributed by atoms with Crippen LogP contribution in [-0.4, -0.2) is 59.3 Å². The topological polar surface area (TPSA) is 58.4 Å². The first-order valence-electron chi connectivity index (χ1n) is 8.32. The van der Waals surface area contributed by atoms with Crippen LogP contribution in [0.3, 0.4) is 0 Å². The van der Waals surface area contributed by atoms with Crippen LogP contribution in [-0.2, 0) is 16.6 Å². The van der Waals surface area contributed by atoms with Crippen molar-refractivity contribution < 1.29 is 8.42 Å². The van der Waals surface area contributed by atoms with Gasteiger partial charge in [0.15, 0.2) is 0 Å². The number of nitrogens with zero attached hydrogens (tertiary/aromatic N) is 4. The van der Waals surface area contributed by atoms with Crippen LogP contribution in [0.2, 0.25) is 0 Å².